The van der Waals surface area contributed by atoms with Gasteiger partial charge < -0.3 is 14.8 Å². The molecule has 0 bridgehead atoms. The third-order valence-corrected chi connectivity index (χ3v) is 6.93. The molecule has 1 N–H and O–H groups in total. The van der Waals surface area contributed by atoms with Gasteiger partial charge in [-0.3, -0.25) is 4.79 Å². The number of carbonyl (C=O) groups excluding carboxylic acids is 1. The van der Waals surface area contributed by atoms with E-state index in [1.54, 1.807) is 0 Å². The zero-order valence-corrected chi connectivity index (χ0v) is 20.3. The van der Waals surface area contributed by atoms with Crippen molar-refractivity contribution in [3.63, 3.8) is 0 Å². The summed E-state index contributed by atoms with van der Waals surface area (Å²) in [5.41, 5.74) is 8.39. The maximum absolute atomic E-state index is 13.7. The first-order valence-electron chi connectivity index (χ1n) is 11.7. The number of aromatic nitrogens is 1. The van der Waals surface area contributed by atoms with Crippen LogP contribution in [-0.2, 0) is 26.1 Å². The largest absolute Gasteiger partial charge is 0.381 e. The Balaban J connectivity index is 1.39. The van der Waals surface area contributed by atoms with Crippen molar-refractivity contribution in [1.29, 1.82) is 0 Å². The number of anilines is 2. The summed E-state index contributed by atoms with van der Waals surface area (Å²) in [4.78, 5) is 15.5. The van der Waals surface area contributed by atoms with Crippen LogP contribution >= 0.6 is 11.6 Å². The highest BCUT2D eigenvalue weighted by Gasteiger charge is 2.26. The molecule has 34 heavy (non-hydrogen) atoms. The lowest BCUT2D eigenvalue weighted by atomic mass is 10.0. The molecule has 0 atom stereocenters. The smallest absolute Gasteiger partial charge is 0.260 e. The average Bonchev–Trinajstić information content (AvgIpc) is 3.22. The van der Waals surface area contributed by atoms with Crippen LogP contribution in [0.3, 0.4) is 0 Å². The van der Waals surface area contributed by atoms with E-state index in [0.29, 0.717) is 23.7 Å². The molecular formula is C29H28ClN3O. The molecule has 1 aliphatic rings. The number of para-hydroxylation sites is 1. The Morgan fingerprint density at radius 2 is 1.85 bits per heavy atom. The van der Waals surface area contributed by atoms with Crippen molar-refractivity contribution in [2.24, 2.45) is 0 Å². The molecule has 1 aliphatic heterocycles. The van der Waals surface area contributed by atoms with Crippen LogP contribution in [-0.4, -0.2) is 10.5 Å². The first kappa shape index (κ1) is 22.3. The number of carbonyl (C=O) groups is 1. The van der Waals surface area contributed by atoms with E-state index in [9.17, 15) is 4.79 Å². The predicted octanol–water partition coefficient (Wildman–Crippen LogP) is 6.83. The second kappa shape index (κ2) is 9.40. The highest BCUT2D eigenvalue weighted by atomic mass is 35.5. The number of amides is 1. The molecule has 2 heterocycles. The molecule has 4 nitrogen and oxygen atoms in total. The van der Waals surface area contributed by atoms with Crippen LogP contribution in [0.25, 0.3) is 0 Å². The molecule has 0 radical (unpaired) electrons. The van der Waals surface area contributed by atoms with Crippen molar-refractivity contribution < 1.29 is 4.79 Å². The molecule has 5 heteroatoms. The zero-order chi connectivity index (χ0) is 23.7. The average molecular weight is 470 g/mol. The lowest BCUT2D eigenvalue weighted by Crippen LogP contribution is -2.30. The SMILES string of the molecule is CCc1ccc(C)c(CNc2ccc(C(=O)N3Cc4cccn4Cc4ccccc43)c(Cl)c2)c1. The number of aryl methyl sites for hydroxylation is 2. The second-order valence-electron chi connectivity index (χ2n) is 8.81. The number of nitrogens with zero attached hydrogens (tertiary/aromatic N) is 2. The lowest BCUT2D eigenvalue weighted by Gasteiger charge is -2.23. The number of rotatable bonds is 5. The molecule has 0 unspecified atom stereocenters. The predicted molar refractivity (Wildman–Crippen MR) is 140 cm³/mol. The van der Waals surface area contributed by atoms with Gasteiger partial charge in [0.05, 0.1) is 17.1 Å². The van der Waals surface area contributed by atoms with Crippen LogP contribution in [0, 0.1) is 6.92 Å². The summed E-state index contributed by atoms with van der Waals surface area (Å²) in [7, 11) is 0. The van der Waals surface area contributed by atoms with E-state index in [1.165, 1.54) is 16.7 Å². The summed E-state index contributed by atoms with van der Waals surface area (Å²) >= 11 is 6.66. The highest BCUT2D eigenvalue weighted by Crippen LogP contribution is 2.31. The van der Waals surface area contributed by atoms with Crippen molar-refractivity contribution in [2.75, 3.05) is 10.2 Å². The van der Waals surface area contributed by atoms with Gasteiger partial charge >= 0.3 is 0 Å². The quantitative estimate of drug-likeness (QED) is 0.347. The van der Waals surface area contributed by atoms with Gasteiger partial charge in [-0.2, -0.15) is 0 Å². The Hall–Kier alpha value is -3.50. The van der Waals surface area contributed by atoms with Crippen LogP contribution < -0.4 is 10.2 Å². The number of benzene rings is 3. The summed E-state index contributed by atoms with van der Waals surface area (Å²) in [6, 6.07) is 24.4. The van der Waals surface area contributed by atoms with E-state index in [1.807, 2.05) is 47.4 Å². The Bertz CT molecular complexity index is 1360. The van der Waals surface area contributed by atoms with Gasteiger partial charge in [0.25, 0.3) is 5.91 Å². The molecule has 0 saturated heterocycles. The third kappa shape index (κ3) is 4.34. The van der Waals surface area contributed by atoms with Gasteiger partial charge in [-0.25, -0.2) is 0 Å². The molecule has 1 aromatic heterocycles. The maximum atomic E-state index is 13.7. The number of hydrogen-bond acceptors (Lipinski definition) is 2. The van der Waals surface area contributed by atoms with Crippen LogP contribution in [0.5, 0.6) is 0 Å². The van der Waals surface area contributed by atoms with E-state index in [4.69, 9.17) is 11.6 Å². The Morgan fingerprint density at radius 3 is 2.68 bits per heavy atom. The Labute approximate surface area is 205 Å². The fraction of sp³-hybridized carbons (Fsp3) is 0.207. The topological polar surface area (TPSA) is 37.3 Å². The maximum Gasteiger partial charge on any atom is 0.260 e. The van der Waals surface area contributed by atoms with E-state index >= 15 is 0 Å². The van der Waals surface area contributed by atoms with Crippen molar-refractivity contribution in [3.05, 3.63) is 118 Å². The summed E-state index contributed by atoms with van der Waals surface area (Å²) < 4.78 is 2.19. The van der Waals surface area contributed by atoms with Gasteiger partial charge in [-0.15, -0.1) is 0 Å². The first-order valence-corrected chi connectivity index (χ1v) is 12.1. The number of hydrogen-bond donors (Lipinski definition) is 1. The van der Waals surface area contributed by atoms with Crippen molar-refractivity contribution in [2.45, 2.75) is 39.9 Å². The van der Waals surface area contributed by atoms with Gasteiger partial charge in [-0.05, 0) is 72.0 Å². The van der Waals surface area contributed by atoms with Gasteiger partial charge in [0.1, 0.15) is 0 Å². The normalized spacial score (nSPS) is 12.6. The fourth-order valence-electron chi connectivity index (χ4n) is 4.54. The summed E-state index contributed by atoms with van der Waals surface area (Å²) in [6.45, 7) is 6.25. The molecule has 0 spiro atoms. The summed E-state index contributed by atoms with van der Waals surface area (Å²) in [5, 5.41) is 3.91. The molecule has 5 rings (SSSR count). The number of fused-ring (bicyclic) bond motifs is 2. The standard InChI is InChI=1S/C29H28ClN3O/c1-3-21-11-10-20(2)23(15-21)17-31-24-12-13-26(27(30)16-24)29(34)33-19-25-8-6-14-32(25)18-22-7-4-5-9-28(22)33/h4-16,31H,3,17-19H2,1-2H3. The van der Waals surface area contributed by atoms with E-state index in [-0.39, 0.29) is 5.91 Å². The Morgan fingerprint density at radius 1 is 1.00 bits per heavy atom. The zero-order valence-electron chi connectivity index (χ0n) is 19.5. The minimum atomic E-state index is -0.0925. The van der Waals surface area contributed by atoms with Gasteiger partial charge in [0.15, 0.2) is 0 Å². The summed E-state index contributed by atoms with van der Waals surface area (Å²) in [5.74, 6) is -0.0925. The van der Waals surface area contributed by atoms with Crippen LogP contribution in [0.2, 0.25) is 5.02 Å². The van der Waals surface area contributed by atoms with Crippen LogP contribution in [0.15, 0.2) is 79.0 Å². The minimum Gasteiger partial charge on any atom is -0.381 e. The third-order valence-electron chi connectivity index (χ3n) is 6.62. The molecule has 0 saturated carbocycles. The van der Waals surface area contributed by atoms with Gasteiger partial charge in [0.2, 0.25) is 0 Å². The van der Waals surface area contributed by atoms with Crippen LogP contribution in [0.1, 0.15) is 45.2 Å². The Kier molecular flexibility index (Phi) is 6.16. The molecular weight excluding hydrogens is 442 g/mol. The fourth-order valence-corrected chi connectivity index (χ4v) is 4.80. The monoisotopic (exact) mass is 469 g/mol. The van der Waals surface area contributed by atoms with E-state index in [0.717, 1.165) is 35.6 Å². The number of halogens is 1. The minimum absolute atomic E-state index is 0.0925. The molecule has 172 valence electrons. The second-order valence-corrected chi connectivity index (χ2v) is 9.22. The molecule has 0 fully saturated rings. The molecule has 3 aromatic carbocycles. The van der Waals surface area contributed by atoms with Crippen molar-refractivity contribution >= 4 is 28.9 Å². The molecule has 1 amide bonds. The first-order chi connectivity index (χ1) is 16.5. The van der Waals surface area contributed by atoms with E-state index < -0.39 is 0 Å². The molecule has 4 aromatic rings. The lowest BCUT2D eigenvalue weighted by molar-refractivity contribution is 0.0985. The van der Waals surface area contributed by atoms with Crippen molar-refractivity contribution in [1.82, 2.24) is 4.57 Å². The number of nitrogens with one attached hydrogen (secondary N) is 1. The van der Waals surface area contributed by atoms with Gasteiger partial charge in [0, 0.05) is 36.4 Å². The highest BCUT2D eigenvalue weighted by molar-refractivity contribution is 6.34. The molecule has 0 aliphatic carbocycles. The summed E-state index contributed by atoms with van der Waals surface area (Å²) in [6.07, 6.45) is 3.08. The van der Waals surface area contributed by atoms with Gasteiger partial charge in [-0.1, -0.05) is 54.9 Å². The van der Waals surface area contributed by atoms with Crippen molar-refractivity contribution in [3.8, 4) is 0 Å². The van der Waals surface area contributed by atoms with Crippen LogP contribution in [0.4, 0.5) is 11.4 Å². The van der Waals surface area contributed by atoms with E-state index in [2.05, 4.69) is 60.3 Å².